The van der Waals surface area contributed by atoms with Gasteiger partial charge in [0.25, 0.3) is 6.43 Å². The van der Waals surface area contributed by atoms with Gasteiger partial charge in [-0.3, -0.25) is 4.79 Å². The second-order valence-electron chi connectivity index (χ2n) is 3.38. The van der Waals surface area contributed by atoms with Crippen LogP contribution >= 0.6 is 11.6 Å². The molecule has 0 saturated heterocycles. The van der Waals surface area contributed by atoms with Gasteiger partial charge in [0.1, 0.15) is 5.75 Å². The summed E-state index contributed by atoms with van der Waals surface area (Å²) in [6.45, 7) is 0.208. The summed E-state index contributed by atoms with van der Waals surface area (Å²) in [5.74, 6) is -0.0873. The fourth-order valence-electron chi connectivity index (χ4n) is 1.22. The number of methoxy groups -OCH3 is 1. The molecule has 1 aromatic rings. The molecule has 6 heteroatoms. The third-order valence-electron chi connectivity index (χ3n) is 2.08. The van der Waals surface area contributed by atoms with E-state index in [9.17, 15) is 13.6 Å². The first-order chi connectivity index (χ1) is 8.52. The van der Waals surface area contributed by atoms with Gasteiger partial charge in [0.2, 0.25) is 5.91 Å². The van der Waals surface area contributed by atoms with Crippen molar-refractivity contribution in [3.05, 3.63) is 40.9 Å². The second kappa shape index (κ2) is 6.96. The minimum atomic E-state index is -2.63. The van der Waals surface area contributed by atoms with E-state index in [-0.39, 0.29) is 6.54 Å². The Kier molecular flexibility index (Phi) is 5.58. The van der Waals surface area contributed by atoms with Gasteiger partial charge in [-0.2, -0.15) is 0 Å². The van der Waals surface area contributed by atoms with Crippen molar-refractivity contribution in [2.75, 3.05) is 7.11 Å². The molecule has 0 atom stereocenters. The molecule has 18 heavy (non-hydrogen) atoms. The molecule has 0 saturated carbocycles. The van der Waals surface area contributed by atoms with E-state index in [4.69, 9.17) is 16.3 Å². The molecule has 0 unspecified atom stereocenters. The third kappa shape index (κ3) is 4.71. The maximum Gasteiger partial charge on any atom is 0.257 e. The van der Waals surface area contributed by atoms with Crippen LogP contribution in [0.4, 0.5) is 8.78 Å². The van der Waals surface area contributed by atoms with Gasteiger partial charge in [-0.1, -0.05) is 17.7 Å². The summed E-state index contributed by atoms with van der Waals surface area (Å²) in [4.78, 5) is 11.2. The number of nitrogens with one attached hydrogen (secondary N) is 1. The lowest BCUT2D eigenvalue weighted by molar-refractivity contribution is -0.116. The summed E-state index contributed by atoms with van der Waals surface area (Å²) >= 11 is 5.84. The zero-order valence-electron chi connectivity index (χ0n) is 9.62. The monoisotopic (exact) mass is 275 g/mol. The van der Waals surface area contributed by atoms with E-state index in [0.29, 0.717) is 16.8 Å². The van der Waals surface area contributed by atoms with Crippen molar-refractivity contribution in [2.24, 2.45) is 0 Å². The lowest BCUT2D eigenvalue weighted by Crippen LogP contribution is -2.20. The fourth-order valence-corrected chi connectivity index (χ4v) is 1.42. The van der Waals surface area contributed by atoms with Crippen LogP contribution in [0, 0.1) is 0 Å². The van der Waals surface area contributed by atoms with Crippen LogP contribution < -0.4 is 10.1 Å². The van der Waals surface area contributed by atoms with E-state index >= 15 is 0 Å². The van der Waals surface area contributed by atoms with Gasteiger partial charge in [0.15, 0.2) is 0 Å². The van der Waals surface area contributed by atoms with Crippen LogP contribution in [0.15, 0.2) is 30.4 Å². The lowest BCUT2D eigenvalue weighted by atomic mass is 10.2. The first-order valence-corrected chi connectivity index (χ1v) is 5.47. The van der Waals surface area contributed by atoms with Crippen LogP contribution in [0.3, 0.4) is 0 Å². The fraction of sp³-hybridized carbons (Fsp3) is 0.250. The number of rotatable bonds is 5. The number of benzene rings is 1. The molecule has 0 fully saturated rings. The zero-order chi connectivity index (χ0) is 13.5. The van der Waals surface area contributed by atoms with Gasteiger partial charge < -0.3 is 10.1 Å². The highest BCUT2D eigenvalue weighted by atomic mass is 35.5. The van der Waals surface area contributed by atoms with Crippen molar-refractivity contribution in [1.29, 1.82) is 0 Å². The number of halogens is 3. The quantitative estimate of drug-likeness (QED) is 0.839. The van der Waals surface area contributed by atoms with Crippen molar-refractivity contribution in [1.82, 2.24) is 5.32 Å². The van der Waals surface area contributed by atoms with Crippen LogP contribution in [0.1, 0.15) is 5.56 Å². The van der Waals surface area contributed by atoms with Gasteiger partial charge in [0.05, 0.1) is 12.1 Å². The number of carbonyl (C=O) groups excluding carboxylic acids is 1. The molecule has 1 amide bonds. The summed E-state index contributed by atoms with van der Waals surface area (Å²) < 4.78 is 28.6. The van der Waals surface area contributed by atoms with Crippen molar-refractivity contribution < 1.29 is 18.3 Å². The Balaban J connectivity index is 2.56. The predicted molar refractivity (Wildman–Crippen MR) is 65.0 cm³/mol. The normalized spacial score (nSPS) is 10.9. The molecule has 0 radical (unpaired) electrons. The highest BCUT2D eigenvalue weighted by molar-refractivity contribution is 6.32. The Morgan fingerprint density at radius 3 is 2.89 bits per heavy atom. The first kappa shape index (κ1) is 14.4. The van der Waals surface area contributed by atoms with Crippen LogP contribution in [0.25, 0.3) is 0 Å². The molecular weight excluding hydrogens is 264 g/mol. The van der Waals surface area contributed by atoms with Crippen molar-refractivity contribution in [2.45, 2.75) is 13.0 Å². The Labute approximate surface area is 108 Å². The molecule has 0 bridgehead atoms. The Bertz CT molecular complexity index is 450. The van der Waals surface area contributed by atoms with Crippen LogP contribution in [0.5, 0.6) is 5.75 Å². The summed E-state index contributed by atoms with van der Waals surface area (Å²) in [6.07, 6.45) is -1.30. The van der Waals surface area contributed by atoms with Crippen molar-refractivity contribution in [3.63, 3.8) is 0 Å². The van der Waals surface area contributed by atoms with Crippen LogP contribution in [-0.4, -0.2) is 19.4 Å². The van der Waals surface area contributed by atoms with E-state index < -0.39 is 12.3 Å². The molecule has 0 aliphatic heterocycles. The SMILES string of the molecule is COc1cc(CNC(=O)/C=C/C(F)F)ccc1Cl. The number of carbonyl (C=O) groups is 1. The number of hydrogen-bond acceptors (Lipinski definition) is 2. The van der Waals surface area contributed by atoms with Gasteiger partial charge in [0, 0.05) is 12.6 Å². The molecule has 0 aliphatic rings. The number of alkyl halides is 2. The molecule has 1 rings (SSSR count). The van der Waals surface area contributed by atoms with Crippen molar-refractivity contribution >= 4 is 17.5 Å². The second-order valence-corrected chi connectivity index (χ2v) is 3.79. The smallest absolute Gasteiger partial charge is 0.257 e. The molecule has 3 nitrogen and oxygen atoms in total. The molecule has 1 N–H and O–H groups in total. The van der Waals surface area contributed by atoms with E-state index in [1.165, 1.54) is 7.11 Å². The lowest BCUT2D eigenvalue weighted by Gasteiger charge is -2.07. The highest BCUT2D eigenvalue weighted by Crippen LogP contribution is 2.24. The van der Waals surface area contributed by atoms with E-state index in [1.54, 1.807) is 18.2 Å². The minimum absolute atomic E-state index is 0.208. The molecule has 0 heterocycles. The Morgan fingerprint density at radius 2 is 2.28 bits per heavy atom. The summed E-state index contributed by atoms with van der Waals surface area (Å²) in [7, 11) is 1.48. The summed E-state index contributed by atoms with van der Waals surface area (Å²) in [6, 6.07) is 5.01. The average Bonchev–Trinajstić information content (AvgIpc) is 2.35. The molecular formula is C12H12ClF2NO2. The number of allylic oxidation sites excluding steroid dienone is 1. The highest BCUT2D eigenvalue weighted by Gasteiger charge is 2.03. The van der Waals surface area contributed by atoms with Crippen LogP contribution in [-0.2, 0) is 11.3 Å². The Hall–Kier alpha value is -1.62. The summed E-state index contributed by atoms with van der Waals surface area (Å²) in [5.41, 5.74) is 0.759. The van der Waals surface area contributed by atoms with Gasteiger partial charge >= 0.3 is 0 Å². The van der Waals surface area contributed by atoms with E-state index in [0.717, 1.165) is 11.6 Å². The van der Waals surface area contributed by atoms with Gasteiger partial charge in [-0.25, -0.2) is 8.78 Å². The predicted octanol–water partition coefficient (Wildman–Crippen LogP) is 2.79. The van der Waals surface area contributed by atoms with E-state index in [2.05, 4.69) is 5.32 Å². The standard InChI is InChI=1S/C12H12ClF2NO2/c1-18-10-6-8(2-3-9(10)13)7-16-12(17)5-4-11(14)15/h2-6,11H,7H2,1H3,(H,16,17)/b5-4+. The third-order valence-corrected chi connectivity index (χ3v) is 2.39. The molecule has 0 aromatic heterocycles. The number of hydrogen-bond donors (Lipinski definition) is 1. The van der Waals surface area contributed by atoms with Gasteiger partial charge in [-0.05, 0) is 23.8 Å². The van der Waals surface area contributed by atoms with Crippen LogP contribution in [0.2, 0.25) is 5.02 Å². The van der Waals surface area contributed by atoms with E-state index in [1.807, 2.05) is 0 Å². The minimum Gasteiger partial charge on any atom is -0.495 e. The molecule has 0 aliphatic carbocycles. The summed E-state index contributed by atoms with van der Waals surface area (Å²) in [5, 5.41) is 2.93. The van der Waals surface area contributed by atoms with Gasteiger partial charge in [-0.15, -0.1) is 0 Å². The number of amides is 1. The first-order valence-electron chi connectivity index (χ1n) is 5.09. The molecule has 98 valence electrons. The molecule has 0 spiro atoms. The number of ether oxygens (including phenoxy) is 1. The Morgan fingerprint density at radius 1 is 1.56 bits per heavy atom. The maximum absolute atomic E-state index is 11.8. The largest absolute Gasteiger partial charge is 0.495 e. The molecule has 1 aromatic carbocycles. The topological polar surface area (TPSA) is 38.3 Å². The van der Waals surface area contributed by atoms with Crippen molar-refractivity contribution in [3.8, 4) is 5.75 Å². The maximum atomic E-state index is 11.8. The zero-order valence-corrected chi connectivity index (χ0v) is 10.4. The average molecular weight is 276 g/mol.